The molecule has 0 aliphatic heterocycles. The molecule has 1 fully saturated rings. The lowest BCUT2D eigenvalue weighted by Crippen LogP contribution is -2.35. The van der Waals surface area contributed by atoms with Crippen LogP contribution in [0, 0.1) is 5.41 Å². The van der Waals surface area contributed by atoms with Gasteiger partial charge in [-0.05, 0) is 36.8 Å². The van der Waals surface area contributed by atoms with Crippen LogP contribution in [0.5, 0.6) is 5.75 Å². The van der Waals surface area contributed by atoms with Crippen molar-refractivity contribution in [2.45, 2.75) is 43.9 Å². The van der Waals surface area contributed by atoms with Gasteiger partial charge in [0.15, 0.2) is 0 Å². The number of ether oxygens (including phenoxy) is 1. The molecule has 6 heteroatoms. The van der Waals surface area contributed by atoms with E-state index in [1.807, 2.05) is 0 Å². The number of nitrogens with two attached hydrogens (primary N) is 1. The Morgan fingerprint density at radius 3 is 2.57 bits per heavy atom. The second-order valence-corrected chi connectivity index (χ2v) is 7.53. The highest BCUT2D eigenvalue weighted by atomic mass is 32.2. The summed E-state index contributed by atoms with van der Waals surface area (Å²) >= 11 is 0. The fourth-order valence-corrected chi connectivity index (χ4v) is 4.32. The molecule has 0 amide bonds. The zero-order valence-corrected chi connectivity index (χ0v) is 13.5. The van der Waals surface area contributed by atoms with Crippen molar-refractivity contribution in [1.29, 1.82) is 0 Å². The number of nitrogen functional groups attached to an aromatic ring is 1. The minimum Gasteiger partial charge on any atom is -0.495 e. The van der Waals surface area contributed by atoms with Crippen LogP contribution in [0.25, 0.3) is 0 Å². The van der Waals surface area contributed by atoms with Crippen LogP contribution in [0.15, 0.2) is 23.1 Å². The highest BCUT2D eigenvalue weighted by Crippen LogP contribution is 2.40. The average Bonchev–Trinajstić information content (AvgIpc) is 2.94. The SMILES string of the molecule is CCC1(CNS(=O)(=O)c2ccc(N)cc2OC)CCCC1. The second kappa shape index (κ2) is 6.23. The van der Waals surface area contributed by atoms with Crippen molar-refractivity contribution >= 4 is 15.7 Å². The van der Waals surface area contributed by atoms with Gasteiger partial charge in [-0.1, -0.05) is 19.8 Å². The van der Waals surface area contributed by atoms with Gasteiger partial charge < -0.3 is 10.5 Å². The molecule has 5 nitrogen and oxygen atoms in total. The summed E-state index contributed by atoms with van der Waals surface area (Å²) in [6.45, 7) is 2.61. The van der Waals surface area contributed by atoms with E-state index < -0.39 is 10.0 Å². The number of hydrogen-bond donors (Lipinski definition) is 2. The molecule has 1 aliphatic rings. The Morgan fingerprint density at radius 1 is 1.33 bits per heavy atom. The van der Waals surface area contributed by atoms with Gasteiger partial charge in [0, 0.05) is 18.3 Å². The fourth-order valence-electron chi connectivity index (χ4n) is 3.01. The third kappa shape index (κ3) is 3.49. The van der Waals surface area contributed by atoms with Gasteiger partial charge in [-0.3, -0.25) is 0 Å². The molecule has 1 saturated carbocycles. The standard InChI is InChI=1S/C15H24N2O3S/c1-3-15(8-4-5-9-15)11-17-21(18,19)14-7-6-12(16)10-13(14)20-2/h6-7,10,17H,3-5,8-9,11,16H2,1-2H3. The molecule has 2 rings (SSSR count). The predicted molar refractivity (Wildman–Crippen MR) is 83.8 cm³/mol. The largest absolute Gasteiger partial charge is 0.495 e. The van der Waals surface area contributed by atoms with Crippen molar-refractivity contribution in [3.05, 3.63) is 18.2 Å². The average molecular weight is 312 g/mol. The molecule has 0 spiro atoms. The second-order valence-electron chi connectivity index (χ2n) is 5.80. The summed E-state index contributed by atoms with van der Waals surface area (Å²) in [5.74, 6) is 0.277. The quantitative estimate of drug-likeness (QED) is 0.791. The van der Waals surface area contributed by atoms with Crippen LogP contribution in [0.4, 0.5) is 5.69 Å². The molecule has 21 heavy (non-hydrogen) atoms. The first-order chi connectivity index (χ1) is 9.92. The van der Waals surface area contributed by atoms with Gasteiger partial charge in [0.05, 0.1) is 7.11 Å². The maximum Gasteiger partial charge on any atom is 0.244 e. The van der Waals surface area contributed by atoms with E-state index in [0.29, 0.717) is 12.2 Å². The number of anilines is 1. The predicted octanol–water partition coefficient (Wildman–Crippen LogP) is 2.53. The van der Waals surface area contributed by atoms with Crippen LogP contribution < -0.4 is 15.2 Å². The fraction of sp³-hybridized carbons (Fsp3) is 0.600. The highest BCUT2D eigenvalue weighted by molar-refractivity contribution is 7.89. The molecule has 0 aromatic heterocycles. The Labute approximate surface area is 126 Å². The zero-order valence-electron chi connectivity index (χ0n) is 12.7. The first-order valence-electron chi connectivity index (χ1n) is 7.36. The number of nitrogens with one attached hydrogen (secondary N) is 1. The molecule has 0 heterocycles. The molecule has 3 N–H and O–H groups in total. The maximum atomic E-state index is 12.5. The lowest BCUT2D eigenvalue weighted by Gasteiger charge is -2.27. The van der Waals surface area contributed by atoms with Crippen LogP contribution in [-0.2, 0) is 10.0 Å². The summed E-state index contributed by atoms with van der Waals surface area (Å²) in [5.41, 5.74) is 6.25. The van der Waals surface area contributed by atoms with Crippen molar-refractivity contribution < 1.29 is 13.2 Å². The number of sulfonamides is 1. The Balaban J connectivity index is 2.19. The third-order valence-corrected chi connectivity index (χ3v) is 5.97. The van der Waals surface area contributed by atoms with Gasteiger partial charge in [0.2, 0.25) is 10.0 Å². The van der Waals surface area contributed by atoms with Crippen LogP contribution in [-0.4, -0.2) is 22.1 Å². The number of rotatable bonds is 6. The smallest absolute Gasteiger partial charge is 0.244 e. The Kier molecular flexibility index (Phi) is 4.78. The van der Waals surface area contributed by atoms with E-state index in [2.05, 4.69) is 11.6 Å². The van der Waals surface area contributed by atoms with Crippen LogP contribution in [0.3, 0.4) is 0 Å². The van der Waals surface area contributed by atoms with E-state index in [1.54, 1.807) is 6.07 Å². The van der Waals surface area contributed by atoms with Gasteiger partial charge in [0.1, 0.15) is 10.6 Å². The molecule has 0 unspecified atom stereocenters. The molecule has 0 saturated heterocycles. The minimum atomic E-state index is -3.59. The summed E-state index contributed by atoms with van der Waals surface area (Å²) in [6.07, 6.45) is 5.53. The zero-order chi connectivity index (χ0) is 15.5. The Morgan fingerprint density at radius 2 is 2.00 bits per heavy atom. The minimum absolute atomic E-state index is 0.105. The van der Waals surface area contributed by atoms with Crippen molar-refractivity contribution in [2.24, 2.45) is 5.41 Å². The first-order valence-corrected chi connectivity index (χ1v) is 8.84. The van der Waals surface area contributed by atoms with E-state index in [0.717, 1.165) is 19.3 Å². The van der Waals surface area contributed by atoms with Gasteiger partial charge in [0.25, 0.3) is 0 Å². The molecule has 0 bridgehead atoms. The topological polar surface area (TPSA) is 81.4 Å². The summed E-state index contributed by atoms with van der Waals surface area (Å²) in [4.78, 5) is 0.142. The molecule has 0 atom stereocenters. The van der Waals surface area contributed by atoms with Gasteiger partial charge in [-0.2, -0.15) is 0 Å². The Hall–Kier alpha value is -1.27. The highest BCUT2D eigenvalue weighted by Gasteiger charge is 2.33. The van der Waals surface area contributed by atoms with Crippen LogP contribution in [0.2, 0.25) is 0 Å². The third-order valence-electron chi connectivity index (χ3n) is 4.53. The van der Waals surface area contributed by atoms with E-state index in [-0.39, 0.29) is 16.1 Å². The van der Waals surface area contributed by atoms with Crippen molar-refractivity contribution in [3.63, 3.8) is 0 Å². The van der Waals surface area contributed by atoms with E-state index in [4.69, 9.17) is 10.5 Å². The molecule has 1 aromatic rings. The summed E-state index contributed by atoms with van der Waals surface area (Å²) < 4.78 is 32.9. The molecular formula is C15H24N2O3S. The number of benzene rings is 1. The van der Waals surface area contributed by atoms with E-state index in [1.165, 1.54) is 32.1 Å². The van der Waals surface area contributed by atoms with E-state index >= 15 is 0 Å². The van der Waals surface area contributed by atoms with Gasteiger partial charge >= 0.3 is 0 Å². The van der Waals surface area contributed by atoms with Gasteiger partial charge in [-0.25, -0.2) is 13.1 Å². The lowest BCUT2D eigenvalue weighted by molar-refractivity contribution is 0.285. The summed E-state index contributed by atoms with van der Waals surface area (Å²) in [5, 5.41) is 0. The van der Waals surface area contributed by atoms with Crippen molar-refractivity contribution in [1.82, 2.24) is 4.72 Å². The summed E-state index contributed by atoms with van der Waals surface area (Å²) in [6, 6.07) is 4.59. The normalized spacial score (nSPS) is 17.8. The van der Waals surface area contributed by atoms with Crippen molar-refractivity contribution in [2.75, 3.05) is 19.4 Å². The van der Waals surface area contributed by atoms with Gasteiger partial charge in [-0.15, -0.1) is 0 Å². The van der Waals surface area contributed by atoms with Crippen molar-refractivity contribution in [3.8, 4) is 5.75 Å². The Bertz CT molecular complexity index is 593. The molecule has 0 radical (unpaired) electrons. The number of methoxy groups -OCH3 is 1. The molecular weight excluding hydrogens is 288 g/mol. The first kappa shape index (κ1) is 16.1. The summed E-state index contributed by atoms with van der Waals surface area (Å²) in [7, 11) is -2.14. The monoisotopic (exact) mass is 312 g/mol. The molecule has 1 aliphatic carbocycles. The maximum absolute atomic E-state index is 12.5. The molecule has 118 valence electrons. The lowest BCUT2D eigenvalue weighted by atomic mass is 9.84. The number of hydrogen-bond acceptors (Lipinski definition) is 4. The van der Waals surface area contributed by atoms with Crippen LogP contribution >= 0.6 is 0 Å². The molecule has 1 aromatic carbocycles. The van der Waals surface area contributed by atoms with Crippen LogP contribution in [0.1, 0.15) is 39.0 Å². The van der Waals surface area contributed by atoms with E-state index in [9.17, 15) is 8.42 Å².